The van der Waals surface area contributed by atoms with Crippen LogP contribution in [0, 0.1) is 0 Å². The summed E-state index contributed by atoms with van der Waals surface area (Å²) in [7, 11) is 4.02. The maximum Gasteiger partial charge on any atom is 0.416 e. The van der Waals surface area contributed by atoms with Crippen LogP contribution in [0.25, 0.3) is 10.9 Å². The van der Waals surface area contributed by atoms with Gasteiger partial charge in [-0.25, -0.2) is 0 Å². The van der Waals surface area contributed by atoms with Crippen molar-refractivity contribution in [3.63, 3.8) is 0 Å². The van der Waals surface area contributed by atoms with Crippen molar-refractivity contribution >= 4 is 10.9 Å². The topological polar surface area (TPSA) is 28.3 Å². The van der Waals surface area contributed by atoms with Crippen molar-refractivity contribution in [2.75, 3.05) is 20.6 Å². The molecule has 0 aliphatic heterocycles. The minimum absolute atomic E-state index is 0.166. The Morgan fingerprint density at radius 1 is 1.04 bits per heavy atom. The molecular weight excluding hydrogens is 329 g/mol. The Balaban J connectivity index is 1.85. The highest BCUT2D eigenvalue weighted by atomic mass is 19.4. The van der Waals surface area contributed by atoms with Gasteiger partial charge in [-0.15, -0.1) is 0 Å². The van der Waals surface area contributed by atoms with Crippen molar-refractivity contribution in [2.45, 2.75) is 12.6 Å². The number of nitrogens with one attached hydrogen (secondary N) is 1. The average Bonchev–Trinajstić information content (AvgIpc) is 2.95. The number of rotatable bonds is 5. The molecule has 3 rings (SSSR count). The summed E-state index contributed by atoms with van der Waals surface area (Å²) in [5, 5.41) is 1.02. The highest BCUT2D eigenvalue weighted by Crippen LogP contribution is 2.33. The third-order valence-corrected chi connectivity index (χ3v) is 3.96. The van der Waals surface area contributed by atoms with E-state index in [1.807, 2.05) is 32.4 Å². The monoisotopic (exact) mass is 348 g/mol. The number of halogens is 3. The molecule has 0 spiro atoms. The van der Waals surface area contributed by atoms with Gasteiger partial charge in [-0.3, -0.25) is 0 Å². The second-order valence-corrected chi connectivity index (χ2v) is 6.20. The van der Waals surface area contributed by atoms with E-state index in [1.54, 1.807) is 6.07 Å². The number of fused-ring (bicyclic) bond motifs is 1. The van der Waals surface area contributed by atoms with Gasteiger partial charge in [-0.05, 0) is 62.5 Å². The number of ether oxygens (including phenoxy) is 1. The van der Waals surface area contributed by atoms with E-state index in [-0.39, 0.29) is 5.75 Å². The molecule has 0 saturated carbocycles. The number of likely N-dealkylation sites (N-methyl/N-ethyl adjacent to an activating group) is 1. The third kappa shape index (κ3) is 4.14. The van der Waals surface area contributed by atoms with Crippen LogP contribution in [0.2, 0.25) is 0 Å². The fourth-order valence-electron chi connectivity index (χ4n) is 2.64. The first kappa shape index (κ1) is 17.4. The summed E-state index contributed by atoms with van der Waals surface area (Å²) in [5.74, 6) is 0.678. The molecule has 0 aliphatic rings. The zero-order valence-electron chi connectivity index (χ0n) is 14.0. The van der Waals surface area contributed by atoms with Gasteiger partial charge in [-0.2, -0.15) is 13.2 Å². The SMILES string of the molecule is CN(C)CCc1c[nH]c2ccc(Oc3cccc(C(F)(F)F)c3)cc12. The molecule has 0 fully saturated rings. The number of aromatic amines is 1. The molecule has 0 atom stereocenters. The van der Waals surface area contributed by atoms with E-state index in [0.717, 1.165) is 41.6 Å². The molecule has 3 nitrogen and oxygen atoms in total. The number of nitrogens with zero attached hydrogens (tertiary/aromatic N) is 1. The van der Waals surface area contributed by atoms with Crippen molar-refractivity contribution in [3.05, 3.63) is 59.8 Å². The van der Waals surface area contributed by atoms with Crippen LogP contribution in [0.1, 0.15) is 11.1 Å². The predicted molar refractivity (Wildman–Crippen MR) is 92.1 cm³/mol. The summed E-state index contributed by atoms with van der Waals surface area (Å²) >= 11 is 0. The summed E-state index contributed by atoms with van der Waals surface area (Å²) in [6.45, 7) is 0.908. The Kier molecular flexibility index (Phi) is 4.72. The number of alkyl halides is 3. The van der Waals surface area contributed by atoms with Gasteiger partial charge in [0.05, 0.1) is 5.56 Å². The van der Waals surface area contributed by atoms with Crippen LogP contribution in [0.5, 0.6) is 11.5 Å². The molecule has 1 aromatic heterocycles. The minimum atomic E-state index is -4.39. The molecule has 1 heterocycles. The zero-order valence-corrected chi connectivity index (χ0v) is 14.0. The summed E-state index contributed by atoms with van der Waals surface area (Å²) in [6.07, 6.45) is -1.55. The maximum absolute atomic E-state index is 12.8. The standard InChI is InChI=1S/C19H19F3N2O/c1-24(2)9-8-13-12-23-18-7-6-16(11-17(13)18)25-15-5-3-4-14(10-15)19(20,21)22/h3-7,10-12,23H,8-9H2,1-2H3. The Labute approximate surface area is 144 Å². The first-order valence-corrected chi connectivity index (χ1v) is 7.93. The normalized spacial score (nSPS) is 12.1. The lowest BCUT2D eigenvalue weighted by Crippen LogP contribution is -2.14. The molecular formula is C19H19F3N2O. The molecule has 132 valence electrons. The highest BCUT2D eigenvalue weighted by Gasteiger charge is 2.30. The van der Waals surface area contributed by atoms with Crippen LogP contribution in [-0.2, 0) is 12.6 Å². The molecule has 25 heavy (non-hydrogen) atoms. The smallest absolute Gasteiger partial charge is 0.416 e. The van der Waals surface area contributed by atoms with Crippen molar-refractivity contribution in [1.82, 2.24) is 9.88 Å². The molecule has 6 heteroatoms. The lowest BCUT2D eigenvalue weighted by atomic mass is 10.1. The Morgan fingerprint density at radius 2 is 1.80 bits per heavy atom. The summed E-state index contributed by atoms with van der Waals surface area (Å²) in [4.78, 5) is 5.31. The van der Waals surface area contributed by atoms with Crippen molar-refractivity contribution in [1.29, 1.82) is 0 Å². The lowest BCUT2D eigenvalue weighted by Gasteiger charge is -2.11. The van der Waals surface area contributed by atoms with Crippen LogP contribution in [-0.4, -0.2) is 30.5 Å². The molecule has 1 N–H and O–H groups in total. The Hall–Kier alpha value is -2.47. The van der Waals surface area contributed by atoms with Gasteiger partial charge < -0.3 is 14.6 Å². The third-order valence-electron chi connectivity index (χ3n) is 3.96. The van der Waals surface area contributed by atoms with E-state index in [1.165, 1.54) is 12.1 Å². The first-order chi connectivity index (χ1) is 11.8. The van der Waals surface area contributed by atoms with Crippen LogP contribution < -0.4 is 4.74 Å². The van der Waals surface area contributed by atoms with Gasteiger partial charge in [0.2, 0.25) is 0 Å². The fraction of sp³-hybridized carbons (Fsp3) is 0.263. The van der Waals surface area contributed by atoms with Crippen molar-refractivity contribution in [2.24, 2.45) is 0 Å². The molecule has 0 unspecified atom stereocenters. The Morgan fingerprint density at radius 3 is 2.52 bits per heavy atom. The van der Waals surface area contributed by atoms with Gasteiger partial charge in [0, 0.05) is 23.6 Å². The van der Waals surface area contributed by atoms with Crippen LogP contribution >= 0.6 is 0 Å². The van der Waals surface area contributed by atoms with E-state index in [2.05, 4.69) is 9.88 Å². The van der Waals surface area contributed by atoms with E-state index >= 15 is 0 Å². The molecule has 0 bridgehead atoms. The summed E-state index contributed by atoms with van der Waals surface area (Å²) in [5.41, 5.74) is 1.41. The highest BCUT2D eigenvalue weighted by molar-refractivity contribution is 5.84. The van der Waals surface area contributed by atoms with E-state index in [4.69, 9.17) is 4.74 Å². The second-order valence-electron chi connectivity index (χ2n) is 6.20. The molecule has 0 aliphatic carbocycles. The molecule has 0 amide bonds. The molecule has 3 aromatic rings. The molecule has 0 radical (unpaired) electrons. The number of aromatic nitrogens is 1. The van der Waals surface area contributed by atoms with Gasteiger partial charge in [-0.1, -0.05) is 6.07 Å². The van der Waals surface area contributed by atoms with Crippen LogP contribution in [0.3, 0.4) is 0 Å². The van der Waals surface area contributed by atoms with Crippen LogP contribution in [0.4, 0.5) is 13.2 Å². The van der Waals surface area contributed by atoms with Crippen molar-refractivity contribution in [3.8, 4) is 11.5 Å². The summed E-state index contributed by atoms with van der Waals surface area (Å²) in [6, 6.07) is 10.4. The second kappa shape index (κ2) is 6.80. The number of hydrogen-bond donors (Lipinski definition) is 1. The minimum Gasteiger partial charge on any atom is -0.457 e. The van der Waals surface area contributed by atoms with Crippen LogP contribution in [0.15, 0.2) is 48.7 Å². The van der Waals surface area contributed by atoms with Gasteiger partial charge in [0.15, 0.2) is 0 Å². The van der Waals surface area contributed by atoms with E-state index in [0.29, 0.717) is 5.75 Å². The lowest BCUT2D eigenvalue weighted by molar-refractivity contribution is -0.137. The first-order valence-electron chi connectivity index (χ1n) is 7.93. The number of benzene rings is 2. The van der Waals surface area contributed by atoms with Gasteiger partial charge >= 0.3 is 6.18 Å². The predicted octanol–water partition coefficient (Wildman–Crippen LogP) is 5.08. The van der Waals surface area contributed by atoms with Gasteiger partial charge in [0.1, 0.15) is 11.5 Å². The molecule has 0 saturated heterocycles. The quantitative estimate of drug-likeness (QED) is 0.696. The number of hydrogen-bond acceptors (Lipinski definition) is 2. The van der Waals surface area contributed by atoms with Gasteiger partial charge in [0.25, 0.3) is 0 Å². The summed E-state index contributed by atoms with van der Waals surface area (Å²) < 4.78 is 44.1. The molecule has 2 aromatic carbocycles. The average molecular weight is 348 g/mol. The Bertz CT molecular complexity index is 868. The largest absolute Gasteiger partial charge is 0.457 e. The maximum atomic E-state index is 12.8. The number of H-pyrrole nitrogens is 1. The van der Waals surface area contributed by atoms with Crippen molar-refractivity contribution < 1.29 is 17.9 Å². The zero-order chi connectivity index (χ0) is 18.0. The van der Waals surface area contributed by atoms with E-state index < -0.39 is 11.7 Å². The fourth-order valence-corrected chi connectivity index (χ4v) is 2.64. The van der Waals surface area contributed by atoms with E-state index in [9.17, 15) is 13.2 Å².